The molecule has 0 aliphatic carbocycles. The van der Waals surface area contributed by atoms with Gasteiger partial charge in [-0.05, 0) is 24.6 Å². The maximum absolute atomic E-state index is 12.8. The van der Waals surface area contributed by atoms with Gasteiger partial charge in [0, 0.05) is 11.9 Å². The van der Waals surface area contributed by atoms with E-state index in [1.165, 1.54) is 28.0 Å². The van der Waals surface area contributed by atoms with Gasteiger partial charge in [-0.1, -0.05) is 12.1 Å². The number of benzene rings is 1. The Labute approximate surface area is 134 Å². The monoisotopic (exact) mass is 332 g/mol. The van der Waals surface area contributed by atoms with Crippen molar-refractivity contribution in [2.24, 2.45) is 0 Å². The third-order valence-corrected chi connectivity index (χ3v) is 4.12. The molecule has 2 heterocycles. The van der Waals surface area contributed by atoms with Gasteiger partial charge < -0.3 is 5.32 Å². The van der Waals surface area contributed by atoms with Gasteiger partial charge in [-0.15, -0.1) is 11.3 Å². The Kier molecular flexibility index (Phi) is 4.16. The van der Waals surface area contributed by atoms with Crippen LogP contribution in [-0.2, 0) is 17.8 Å². The summed E-state index contributed by atoms with van der Waals surface area (Å²) in [7, 11) is 0. The summed E-state index contributed by atoms with van der Waals surface area (Å²) < 4.78 is 14.3. The van der Waals surface area contributed by atoms with Crippen LogP contribution >= 0.6 is 11.3 Å². The molecule has 0 fully saturated rings. The Morgan fingerprint density at radius 1 is 1.35 bits per heavy atom. The number of amides is 1. The molecule has 0 aliphatic heterocycles. The molecule has 0 saturated carbocycles. The number of nitrogens with one attached hydrogen (secondary N) is 1. The van der Waals surface area contributed by atoms with Crippen LogP contribution in [0.2, 0.25) is 0 Å². The number of hydrogen-bond acceptors (Lipinski definition) is 5. The van der Waals surface area contributed by atoms with E-state index in [1.54, 1.807) is 24.4 Å². The fourth-order valence-electron chi connectivity index (χ4n) is 2.03. The number of thiazole rings is 1. The number of aryl methyl sites for hydroxylation is 1. The molecule has 0 aliphatic rings. The highest BCUT2D eigenvalue weighted by Crippen LogP contribution is 2.12. The number of hydrogen-bond donors (Lipinski definition) is 1. The Hall–Kier alpha value is -2.61. The van der Waals surface area contributed by atoms with Crippen molar-refractivity contribution in [3.8, 4) is 0 Å². The van der Waals surface area contributed by atoms with E-state index in [0.29, 0.717) is 17.2 Å². The first-order chi connectivity index (χ1) is 11.0. The fraction of sp³-hybridized carbons (Fsp3) is 0.200. The third kappa shape index (κ3) is 3.42. The standard InChI is InChI=1S/C15H13FN4O2S/c1-9-14(22)18-15-20(19-9)12(8-23-15)6-13(21)17-7-10-2-4-11(16)5-3-10/h2-5,8H,6-7H2,1H3,(H,17,21). The lowest BCUT2D eigenvalue weighted by Gasteiger charge is -2.05. The first-order valence-electron chi connectivity index (χ1n) is 6.88. The van der Waals surface area contributed by atoms with Crippen LogP contribution in [0.1, 0.15) is 17.0 Å². The van der Waals surface area contributed by atoms with Gasteiger partial charge in [-0.3, -0.25) is 9.59 Å². The molecular formula is C15H13FN4O2S. The number of fused-ring (bicyclic) bond motifs is 1. The second-order valence-electron chi connectivity index (χ2n) is 5.00. The lowest BCUT2D eigenvalue weighted by Crippen LogP contribution is -2.25. The zero-order chi connectivity index (χ0) is 16.4. The molecule has 0 spiro atoms. The Bertz CT molecular complexity index is 917. The summed E-state index contributed by atoms with van der Waals surface area (Å²) in [5.74, 6) is -0.500. The maximum atomic E-state index is 12.8. The summed E-state index contributed by atoms with van der Waals surface area (Å²) >= 11 is 1.26. The molecule has 0 unspecified atom stereocenters. The van der Waals surface area contributed by atoms with E-state index < -0.39 is 0 Å². The van der Waals surface area contributed by atoms with Crippen LogP contribution < -0.4 is 10.9 Å². The molecule has 0 radical (unpaired) electrons. The number of carbonyl (C=O) groups is 1. The van der Waals surface area contributed by atoms with Crippen LogP contribution in [0.3, 0.4) is 0 Å². The van der Waals surface area contributed by atoms with Gasteiger partial charge in [0.2, 0.25) is 10.9 Å². The minimum atomic E-state index is -0.362. The van der Waals surface area contributed by atoms with Crippen molar-refractivity contribution in [1.82, 2.24) is 19.9 Å². The average Bonchev–Trinajstić information content (AvgIpc) is 2.89. The van der Waals surface area contributed by atoms with E-state index in [1.807, 2.05) is 0 Å². The van der Waals surface area contributed by atoms with Crippen LogP contribution in [0.15, 0.2) is 34.4 Å². The summed E-state index contributed by atoms with van der Waals surface area (Å²) in [4.78, 5) is 27.9. The topological polar surface area (TPSA) is 76.4 Å². The number of carbonyl (C=O) groups excluding carboxylic acids is 1. The molecule has 3 rings (SSSR count). The molecule has 118 valence electrons. The predicted octanol–water partition coefficient (Wildman–Crippen LogP) is 1.46. The first kappa shape index (κ1) is 15.3. The fourth-order valence-corrected chi connectivity index (χ4v) is 2.85. The summed E-state index contributed by atoms with van der Waals surface area (Å²) in [5.41, 5.74) is 1.40. The highest BCUT2D eigenvalue weighted by atomic mass is 32.1. The van der Waals surface area contributed by atoms with Gasteiger partial charge in [0.1, 0.15) is 11.5 Å². The molecule has 23 heavy (non-hydrogen) atoms. The van der Waals surface area contributed by atoms with Crippen LogP contribution in [0.4, 0.5) is 4.39 Å². The lowest BCUT2D eigenvalue weighted by atomic mass is 10.2. The van der Waals surface area contributed by atoms with Crippen LogP contribution in [-0.4, -0.2) is 20.5 Å². The number of halogens is 1. The smallest absolute Gasteiger partial charge is 0.295 e. The zero-order valence-electron chi connectivity index (χ0n) is 12.2. The van der Waals surface area contributed by atoms with Gasteiger partial charge in [-0.25, -0.2) is 8.91 Å². The minimum Gasteiger partial charge on any atom is -0.352 e. The third-order valence-electron chi connectivity index (χ3n) is 3.25. The summed E-state index contributed by atoms with van der Waals surface area (Å²) in [5, 5.41) is 8.67. The molecule has 3 aromatic rings. The summed E-state index contributed by atoms with van der Waals surface area (Å²) in [6, 6.07) is 5.94. The predicted molar refractivity (Wildman–Crippen MR) is 83.8 cm³/mol. The van der Waals surface area contributed by atoms with Gasteiger partial charge in [0.05, 0.1) is 12.1 Å². The van der Waals surface area contributed by atoms with E-state index >= 15 is 0 Å². The van der Waals surface area contributed by atoms with E-state index in [-0.39, 0.29) is 29.4 Å². The van der Waals surface area contributed by atoms with Crippen molar-refractivity contribution in [1.29, 1.82) is 0 Å². The van der Waals surface area contributed by atoms with Crippen molar-refractivity contribution in [2.45, 2.75) is 19.9 Å². The Morgan fingerprint density at radius 3 is 2.83 bits per heavy atom. The van der Waals surface area contributed by atoms with Crippen LogP contribution in [0.5, 0.6) is 0 Å². The average molecular weight is 332 g/mol. The van der Waals surface area contributed by atoms with Gasteiger partial charge in [-0.2, -0.15) is 10.1 Å². The second-order valence-corrected chi connectivity index (χ2v) is 5.84. The van der Waals surface area contributed by atoms with E-state index in [4.69, 9.17) is 0 Å². The molecule has 0 saturated heterocycles. The molecule has 6 nitrogen and oxygen atoms in total. The number of nitrogens with zero attached hydrogens (tertiary/aromatic N) is 3. The summed E-state index contributed by atoms with van der Waals surface area (Å²) in [6.07, 6.45) is 0.123. The van der Waals surface area contributed by atoms with Gasteiger partial charge in [0.25, 0.3) is 5.56 Å². The highest BCUT2D eigenvalue weighted by molar-refractivity contribution is 7.15. The van der Waals surface area contributed by atoms with E-state index in [2.05, 4.69) is 15.4 Å². The molecule has 8 heteroatoms. The van der Waals surface area contributed by atoms with Gasteiger partial charge in [0.15, 0.2) is 0 Å². The van der Waals surface area contributed by atoms with Crippen molar-refractivity contribution in [3.63, 3.8) is 0 Å². The van der Waals surface area contributed by atoms with Crippen molar-refractivity contribution in [2.75, 3.05) is 0 Å². The quantitative estimate of drug-likeness (QED) is 0.785. The van der Waals surface area contributed by atoms with Crippen LogP contribution in [0, 0.1) is 12.7 Å². The highest BCUT2D eigenvalue weighted by Gasteiger charge is 2.11. The zero-order valence-corrected chi connectivity index (χ0v) is 13.1. The second kappa shape index (κ2) is 6.25. The van der Waals surface area contributed by atoms with Gasteiger partial charge >= 0.3 is 0 Å². The first-order valence-corrected chi connectivity index (χ1v) is 7.76. The number of aromatic nitrogens is 3. The molecule has 0 atom stereocenters. The molecule has 1 aromatic carbocycles. The maximum Gasteiger partial charge on any atom is 0.295 e. The Morgan fingerprint density at radius 2 is 2.09 bits per heavy atom. The van der Waals surface area contributed by atoms with Crippen molar-refractivity contribution < 1.29 is 9.18 Å². The van der Waals surface area contributed by atoms with Crippen molar-refractivity contribution in [3.05, 3.63) is 62.8 Å². The molecular weight excluding hydrogens is 319 g/mol. The molecule has 1 N–H and O–H groups in total. The van der Waals surface area contributed by atoms with Crippen LogP contribution in [0.25, 0.3) is 4.96 Å². The lowest BCUT2D eigenvalue weighted by molar-refractivity contribution is -0.120. The van der Waals surface area contributed by atoms with E-state index in [0.717, 1.165) is 5.56 Å². The summed E-state index contributed by atoms with van der Waals surface area (Å²) in [6.45, 7) is 1.90. The minimum absolute atomic E-state index is 0.123. The Balaban J connectivity index is 1.69. The molecule has 1 amide bonds. The van der Waals surface area contributed by atoms with E-state index in [9.17, 15) is 14.0 Å². The molecule has 2 aromatic heterocycles. The van der Waals surface area contributed by atoms with Crippen molar-refractivity contribution >= 4 is 22.2 Å². The largest absolute Gasteiger partial charge is 0.352 e. The SMILES string of the molecule is Cc1nn2c(CC(=O)NCc3ccc(F)cc3)csc2nc1=O. The number of rotatable bonds is 4. The normalized spacial score (nSPS) is 10.9. The molecule has 0 bridgehead atoms.